The summed E-state index contributed by atoms with van der Waals surface area (Å²) in [4.78, 5) is 20.9. The van der Waals surface area contributed by atoms with E-state index in [0.29, 0.717) is 17.5 Å². The van der Waals surface area contributed by atoms with Crippen LogP contribution in [0.1, 0.15) is 24.2 Å². The summed E-state index contributed by atoms with van der Waals surface area (Å²) in [6.45, 7) is 6.61. The Morgan fingerprint density at radius 2 is 2.25 bits per heavy atom. The molecule has 0 saturated carbocycles. The predicted octanol–water partition coefficient (Wildman–Crippen LogP) is 1.54. The molecule has 2 unspecified atom stereocenters. The van der Waals surface area contributed by atoms with Gasteiger partial charge in [-0.3, -0.25) is 9.78 Å². The number of nitrogens with one attached hydrogen (secondary N) is 1. The minimum atomic E-state index is 0.0968. The summed E-state index contributed by atoms with van der Waals surface area (Å²) in [7, 11) is 4.15. The third kappa shape index (κ3) is 2.93. The van der Waals surface area contributed by atoms with Gasteiger partial charge in [-0.25, -0.2) is 0 Å². The lowest BCUT2D eigenvalue weighted by molar-refractivity contribution is 0.0782. The van der Waals surface area contributed by atoms with Crippen LogP contribution in [0.25, 0.3) is 0 Å². The number of hydrogen-bond acceptors (Lipinski definition) is 4. The minimum absolute atomic E-state index is 0.0968. The van der Waals surface area contributed by atoms with Crippen LogP contribution in [-0.4, -0.2) is 60.5 Å². The van der Waals surface area contributed by atoms with Crippen molar-refractivity contribution in [1.29, 1.82) is 0 Å². The van der Waals surface area contributed by atoms with Gasteiger partial charge in [0.15, 0.2) is 0 Å². The van der Waals surface area contributed by atoms with E-state index in [1.807, 2.05) is 11.8 Å². The van der Waals surface area contributed by atoms with Gasteiger partial charge in [-0.05, 0) is 33.0 Å². The molecule has 1 amide bonds. The predicted molar refractivity (Wildman–Crippen MR) is 80.9 cm³/mol. The number of aromatic nitrogens is 1. The van der Waals surface area contributed by atoms with Crippen molar-refractivity contribution < 1.29 is 4.79 Å². The number of likely N-dealkylation sites (N-methyl/N-ethyl adjacent to an activating group) is 1. The van der Waals surface area contributed by atoms with Crippen molar-refractivity contribution in [2.75, 3.05) is 39.0 Å². The SMILES string of the molecule is CCNc1cnccc1C(=O)N1CC(C)C(N(C)C)C1. The van der Waals surface area contributed by atoms with E-state index in [1.54, 1.807) is 18.5 Å². The Morgan fingerprint density at radius 3 is 2.85 bits per heavy atom. The first-order valence-electron chi connectivity index (χ1n) is 7.18. The molecular formula is C15H24N4O. The van der Waals surface area contributed by atoms with E-state index in [1.165, 1.54) is 0 Å². The maximum atomic E-state index is 12.7. The lowest BCUT2D eigenvalue weighted by Crippen LogP contribution is -2.36. The Hall–Kier alpha value is -1.62. The molecule has 5 nitrogen and oxygen atoms in total. The van der Waals surface area contributed by atoms with Crippen molar-refractivity contribution in [3.8, 4) is 0 Å². The molecule has 1 aliphatic rings. The highest BCUT2D eigenvalue weighted by atomic mass is 16.2. The molecule has 0 aliphatic carbocycles. The van der Waals surface area contributed by atoms with E-state index in [9.17, 15) is 4.79 Å². The molecule has 20 heavy (non-hydrogen) atoms. The van der Waals surface area contributed by atoms with Gasteiger partial charge < -0.3 is 15.1 Å². The van der Waals surface area contributed by atoms with E-state index in [0.717, 1.165) is 25.3 Å². The second-order valence-electron chi connectivity index (χ2n) is 5.67. The monoisotopic (exact) mass is 276 g/mol. The maximum absolute atomic E-state index is 12.7. The van der Waals surface area contributed by atoms with E-state index < -0.39 is 0 Å². The van der Waals surface area contributed by atoms with Crippen molar-refractivity contribution in [2.45, 2.75) is 19.9 Å². The second-order valence-corrected chi connectivity index (χ2v) is 5.67. The van der Waals surface area contributed by atoms with Gasteiger partial charge in [0, 0.05) is 31.9 Å². The number of rotatable bonds is 4. The van der Waals surface area contributed by atoms with Gasteiger partial charge in [0.2, 0.25) is 0 Å². The largest absolute Gasteiger partial charge is 0.383 e. The number of hydrogen-bond donors (Lipinski definition) is 1. The zero-order valence-corrected chi connectivity index (χ0v) is 12.8. The maximum Gasteiger partial charge on any atom is 0.256 e. The molecule has 2 atom stereocenters. The van der Waals surface area contributed by atoms with Crippen LogP contribution >= 0.6 is 0 Å². The van der Waals surface area contributed by atoms with Gasteiger partial charge in [0.1, 0.15) is 0 Å². The molecule has 0 spiro atoms. The van der Waals surface area contributed by atoms with Gasteiger partial charge in [-0.2, -0.15) is 0 Å². The number of anilines is 1. The van der Waals surface area contributed by atoms with Gasteiger partial charge in [0.05, 0.1) is 17.4 Å². The Labute approximate surface area is 121 Å². The zero-order chi connectivity index (χ0) is 14.7. The third-order valence-electron chi connectivity index (χ3n) is 3.94. The van der Waals surface area contributed by atoms with E-state index in [4.69, 9.17) is 0 Å². The molecule has 2 rings (SSSR count). The summed E-state index contributed by atoms with van der Waals surface area (Å²) in [6.07, 6.45) is 3.40. The Morgan fingerprint density at radius 1 is 1.50 bits per heavy atom. The summed E-state index contributed by atoms with van der Waals surface area (Å²) in [5.41, 5.74) is 1.54. The van der Waals surface area contributed by atoms with Crippen LogP contribution in [-0.2, 0) is 0 Å². The number of pyridine rings is 1. The van der Waals surface area contributed by atoms with Crippen molar-refractivity contribution in [1.82, 2.24) is 14.8 Å². The Balaban J connectivity index is 2.17. The molecule has 0 bridgehead atoms. The topological polar surface area (TPSA) is 48.5 Å². The van der Waals surface area contributed by atoms with Crippen LogP contribution in [0.2, 0.25) is 0 Å². The molecule has 110 valence electrons. The number of likely N-dealkylation sites (tertiary alicyclic amines) is 1. The normalized spacial score (nSPS) is 22.4. The van der Waals surface area contributed by atoms with E-state index >= 15 is 0 Å². The highest BCUT2D eigenvalue weighted by molar-refractivity contribution is 5.99. The fourth-order valence-corrected chi connectivity index (χ4v) is 2.87. The van der Waals surface area contributed by atoms with E-state index in [2.05, 4.69) is 36.2 Å². The zero-order valence-electron chi connectivity index (χ0n) is 12.8. The molecule has 1 N–H and O–H groups in total. The van der Waals surface area contributed by atoms with E-state index in [-0.39, 0.29) is 5.91 Å². The van der Waals surface area contributed by atoms with Gasteiger partial charge in [-0.1, -0.05) is 6.92 Å². The quantitative estimate of drug-likeness (QED) is 0.906. The Kier molecular flexibility index (Phi) is 4.60. The molecular weight excluding hydrogens is 252 g/mol. The summed E-state index contributed by atoms with van der Waals surface area (Å²) in [5.74, 6) is 0.595. The van der Waals surface area contributed by atoms with Gasteiger partial charge >= 0.3 is 0 Å². The first-order chi connectivity index (χ1) is 9.54. The molecule has 1 aliphatic heterocycles. The first-order valence-corrected chi connectivity index (χ1v) is 7.18. The highest BCUT2D eigenvalue weighted by Crippen LogP contribution is 2.24. The summed E-state index contributed by atoms with van der Waals surface area (Å²) in [6, 6.07) is 2.23. The van der Waals surface area contributed by atoms with Crippen LogP contribution in [0.15, 0.2) is 18.5 Å². The van der Waals surface area contributed by atoms with Crippen molar-refractivity contribution in [3.05, 3.63) is 24.0 Å². The highest BCUT2D eigenvalue weighted by Gasteiger charge is 2.34. The fourth-order valence-electron chi connectivity index (χ4n) is 2.87. The second kappa shape index (κ2) is 6.22. The lowest BCUT2D eigenvalue weighted by Gasteiger charge is -2.22. The van der Waals surface area contributed by atoms with Crippen LogP contribution in [0.4, 0.5) is 5.69 Å². The van der Waals surface area contributed by atoms with Crippen LogP contribution in [0.3, 0.4) is 0 Å². The number of amides is 1. The van der Waals surface area contributed by atoms with Crippen LogP contribution in [0.5, 0.6) is 0 Å². The molecule has 0 aromatic carbocycles. The fraction of sp³-hybridized carbons (Fsp3) is 0.600. The molecule has 1 aromatic rings. The molecule has 1 fully saturated rings. The molecule has 1 aromatic heterocycles. The summed E-state index contributed by atoms with van der Waals surface area (Å²) in [5, 5.41) is 3.21. The smallest absolute Gasteiger partial charge is 0.256 e. The average Bonchev–Trinajstić information content (AvgIpc) is 2.81. The van der Waals surface area contributed by atoms with Crippen molar-refractivity contribution >= 4 is 11.6 Å². The van der Waals surface area contributed by atoms with Gasteiger partial charge in [0.25, 0.3) is 5.91 Å². The van der Waals surface area contributed by atoms with Crippen molar-refractivity contribution in [2.24, 2.45) is 5.92 Å². The summed E-state index contributed by atoms with van der Waals surface area (Å²) >= 11 is 0. The molecule has 1 saturated heterocycles. The van der Waals surface area contributed by atoms with Gasteiger partial charge in [-0.15, -0.1) is 0 Å². The minimum Gasteiger partial charge on any atom is -0.383 e. The summed E-state index contributed by atoms with van der Waals surface area (Å²) < 4.78 is 0. The van der Waals surface area contributed by atoms with Crippen LogP contribution in [0, 0.1) is 5.92 Å². The number of carbonyl (C=O) groups is 1. The first kappa shape index (κ1) is 14.8. The lowest BCUT2D eigenvalue weighted by atomic mass is 10.1. The number of carbonyl (C=O) groups excluding carboxylic acids is 1. The number of nitrogens with zero attached hydrogens (tertiary/aromatic N) is 3. The average molecular weight is 276 g/mol. The van der Waals surface area contributed by atoms with Crippen LogP contribution < -0.4 is 5.32 Å². The Bertz CT molecular complexity index is 475. The molecule has 2 heterocycles. The van der Waals surface area contributed by atoms with Crippen molar-refractivity contribution in [3.63, 3.8) is 0 Å². The molecule has 5 heteroatoms. The third-order valence-corrected chi connectivity index (χ3v) is 3.94. The molecule has 0 radical (unpaired) electrons. The standard InChI is InChI=1S/C15H24N4O/c1-5-17-13-8-16-7-6-12(13)15(20)19-9-11(2)14(10-19)18(3)4/h6-8,11,14,17H,5,9-10H2,1-4H3.